The smallest absolute Gasteiger partial charge is 0.323 e. The summed E-state index contributed by atoms with van der Waals surface area (Å²) in [5, 5.41) is 14.3. The lowest BCUT2D eigenvalue weighted by molar-refractivity contribution is -0.137. The SMILES string of the molecule is CCN(Cc1ccc(C(=O)N(C)CC(=O)O)cc1)c1nc(-c2ccc3ccccc3c2)cs1. The first-order valence-electron chi connectivity index (χ1n) is 10.7. The van der Waals surface area contributed by atoms with E-state index in [4.69, 9.17) is 10.1 Å². The third-order valence-electron chi connectivity index (χ3n) is 5.48. The van der Waals surface area contributed by atoms with E-state index in [9.17, 15) is 9.59 Å². The monoisotopic (exact) mass is 459 g/mol. The van der Waals surface area contributed by atoms with Crippen LogP contribution in [0.1, 0.15) is 22.8 Å². The molecule has 3 aromatic carbocycles. The Kier molecular flexibility index (Phi) is 6.70. The highest BCUT2D eigenvalue weighted by Gasteiger charge is 2.15. The van der Waals surface area contributed by atoms with E-state index in [-0.39, 0.29) is 12.5 Å². The van der Waals surface area contributed by atoms with Crippen molar-refractivity contribution in [2.45, 2.75) is 13.5 Å². The summed E-state index contributed by atoms with van der Waals surface area (Å²) in [5.74, 6) is -1.34. The number of hydrogen-bond acceptors (Lipinski definition) is 5. The maximum Gasteiger partial charge on any atom is 0.323 e. The molecule has 0 fully saturated rings. The Bertz CT molecular complexity index is 1280. The lowest BCUT2D eigenvalue weighted by atomic mass is 10.1. The van der Waals surface area contributed by atoms with Crippen molar-refractivity contribution < 1.29 is 14.7 Å². The molecule has 0 saturated carbocycles. The van der Waals surface area contributed by atoms with Crippen molar-refractivity contribution in [2.75, 3.05) is 25.0 Å². The zero-order valence-electron chi connectivity index (χ0n) is 18.6. The van der Waals surface area contributed by atoms with E-state index < -0.39 is 5.97 Å². The Morgan fingerprint density at radius 1 is 1.00 bits per heavy atom. The summed E-state index contributed by atoms with van der Waals surface area (Å²) >= 11 is 1.62. The number of anilines is 1. The number of aromatic nitrogens is 1. The molecule has 33 heavy (non-hydrogen) atoms. The predicted octanol–water partition coefficient (Wildman–Crippen LogP) is 5.15. The topological polar surface area (TPSA) is 73.7 Å². The number of likely N-dealkylation sites (N-methyl/N-ethyl adjacent to an activating group) is 1. The van der Waals surface area contributed by atoms with Crippen LogP contribution in [0.3, 0.4) is 0 Å². The van der Waals surface area contributed by atoms with Gasteiger partial charge in [0.25, 0.3) is 5.91 Å². The molecule has 4 aromatic rings. The summed E-state index contributed by atoms with van der Waals surface area (Å²) in [6.45, 7) is 3.23. The molecule has 168 valence electrons. The Hall–Kier alpha value is -3.71. The summed E-state index contributed by atoms with van der Waals surface area (Å²) in [4.78, 5) is 31.5. The zero-order chi connectivity index (χ0) is 23.4. The molecule has 0 atom stereocenters. The van der Waals surface area contributed by atoms with Crippen molar-refractivity contribution in [1.82, 2.24) is 9.88 Å². The minimum atomic E-state index is -1.03. The van der Waals surface area contributed by atoms with Crippen LogP contribution >= 0.6 is 11.3 Å². The van der Waals surface area contributed by atoms with Crippen LogP contribution in [-0.4, -0.2) is 47.0 Å². The fourth-order valence-corrected chi connectivity index (χ4v) is 4.57. The van der Waals surface area contributed by atoms with Crippen LogP contribution in [0.25, 0.3) is 22.0 Å². The molecule has 0 radical (unpaired) electrons. The van der Waals surface area contributed by atoms with Crippen LogP contribution in [-0.2, 0) is 11.3 Å². The van der Waals surface area contributed by atoms with E-state index in [1.807, 2.05) is 24.3 Å². The molecular formula is C26H25N3O3S. The molecule has 1 heterocycles. The molecule has 1 N–H and O–H groups in total. The second-order valence-corrected chi connectivity index (χ2v) is 8.68. The van der Waals surface area contributed by atoms with Crippen molar-refractivity contribution in [3.63, 3.8) is 0 Å². The molecule has 0 aliphatic heterocycles. The molecule has 0 aliphatic carbocycles. The van der Waals surface area contributed by atoms with Gasteiger partial charge in [-0.3, -0.25) is 9.59 Å². The van der Waals surface area contributed by atoms with Crippen LogP contribution in [0.4, 0.5) is 5.13 Å². The number of aliphatic carboxylic acids is 1. The Morgan fingerprint density at radius 2 is 1.73 bits per heavy atom. The van der Waals surface area contributed by atoms with Crippen molar-refractivity contribution in [3.8, 4) is 11.3 Å². The Morgan fingerprint density at radius 3 is 2.42 bits per heavy atom. The highest BCUT2D eigenvalue weighted by molar-refractivity contribution is 7.14. The number of carboxylic acid groups (broad SMARTS) is 1. The third kappa shape index (κ3) is 5.21. The lowest BCUT2D eigenvalue weighted by Gasteiger charge is -2.20. The van der Waals surface area contributed by atoms with Gasteiger partial charge >= 0.3 is 5.97 Å². The fraction of sp³-hybridized carbons (Fsp3) is 0.192. The normalized spacial score (nSPS) is 10.8. The number of carbonyl (C=O) groups excluding carboxylic acids is 1. The van der Waals surface area contributed by atoms with Crippen LogP contribution in [0.15, 0.2) is 72.1 Å². The first kappa shape index (κ1) is 22.5. The summed E-state index contributed by atoms with van der Waals surface area (Å²) in [6, 6.07) is 22.0. The van der Waals surface area contributed by atoms with Gasteiger partial charge in [0.15, 0.2) is 5.13 Å². The van der Waals surface area contributed by atoms with Gasteiger partial charge in [-0.1, -0.05) is 48.5 Å². The second kappa shape index (κ2) is 9.83. The van der Waals surface area contributed by atoms with Gasteiger partial charge < -0.3 is 14.9 Å². The average Bonchev–Trinajstić information content (AvgIpc) is 3.32. The van der Waals surface area contributed by atoms with E-state index in [1.165, 1.54) is 22.7 Å². The number of nitrogens with zero attached hydrogens (tertiary/aromatic N) is 3. The molecule has 0 saturated heterocycles. The standard InChI is InChI=1S/C26H25N3O3S/c1-3-29(15-18-8-10-20(11-9-18)25(32)28(2)16-24(30)31)26-27-23(17-33-26)22-13-12-19-6-4-5-7-21(19)14-22/h4-14,17H,3,15-16H2,1-2H3,(H,30,31). The van der Waals surface area contributed by atoms with E-state index >= 15 is 0 Å². The maximum atomic E-state index is 12.4. The average molecular weight is 460 g/mol. The van der Waals surface area contributed by atoms with Crippen LogP contribution in [0.2, 0.25) is 0 Å². The van der Waals surface area contributed by atoms with Crippen LogP contribution in [0, 0.1) is 0 Å². The quantitative estimate of drug-likeness (QED) is 0.395. The number of carboxylic acids is 1. The molecular weight excluding hydrogens is 434 g/mol. The van der Waals surface area contributed by atoms with Crippen molar-refractivity contribution >= 4 is 39.1 Å². The van der Waals surface area contributed by atoms with E-state index in [2.05, 4.69) is 47.5 Å². The number of hydrogen-bond donors (Lipinski definition) is 1. The second-order valence-electron chi connectivity index (χ2n) is 7.84. The number of rotatable bonds is 8. The van der Waals surface area contributed by atoms with Gasteiger partial charge in [-0.2, -0.15) is 0 Å². The van der Waals surface area contributed by atoms with Crippen molar-refractivity contribution in [2.24, 2.45) is 0 Å². The van der Waals surface area contributed by atoms with Crippen molar-refractivity contribution in [3.05, 3.63) is 83.2 Å². The summed E-state index contributed by atoms with van der Waals surface area (Å²) in [6.07, 6.45) is 0. The first-order chi connectivity index (χ1) is 15.9. The van der Waals surface area contributed by atoms with Gasteiger partial charge in [-0.15, -0.1) is 11.3 Å². The highest BCUT2D eigenvalue weighted by Crippen LogP contribution is 2.30. The molecule has 0 unspecified atom stereocenters. The summed E-state index contributed by atoms with van der Waals surface area (Å²) in [5.41, 5.74) is 3.58. The largest absolute Gasteiger partial charge is 0.480 e. The first-order valence-corrected chi connectivity index (χ1v) is 11.6. The number of amides is 1. The fourth-order valence-electron chi connectivity index (χ4n) is 3.67. The number of benzene rings is 3. The number of carbonyl (C=O) groups is 2. The molecule has 0 bridgehead atoms. The molecule has 6 nitrogen and oxygen atoms in total. The van der Waals surface area contributed by atoms with Gasteiger partial charge in [0.1, 0.15) is 6.54 Å². The maximum absolute atomic E-state index is 12.4. The minimum Gasteiger partial charge on any atom is -0.480 e. The van der Waals surface area contributed by atoms with E-state index in [0.29, 0.717) is 12.1 Å². The zero-order valence-corrected chi connectivity index (χ0v) is 19.4. The van der Waals surface area contributed by atoms with Gasteiger partial charge in [0, 0.05) is 36.6 Å². The number of thiazole rings is 1. The molecule has 0 aliphatic rings. The molecule has 1 amide bonds. The lowest BCUT2D eigenvalue weighted by Crippen LogP contribution is -2.31. The van der Waals surface area contributed by atoms with Crippen LogP contribution < -0.4 is 4.90 Å². The van der Waals surface area contributed by atoms with Crippen molar-refractivity contribution in [1.29, 1.82) is 0 Å². The van der Waals surface area contributed by atoms with Gasteiger partial charge in [0.2, 0.25) is 0 Å². The molecule has 4 rings (SSSR count). The molecule has 0 spiro atoms. The summed E-state index contributed by atoms with van der Waals surface area (Å²) < 4.78 is 0. The minimum absolute atomic E-state index is 0.309. The number of fused-ring (bicyclic) bond motifs is 1. The Labute approximate surface area is 196 Å². The molecule has 1 aromatic heterocycles. The van der Waals surface area contributed by atoms with Gasteiger partial charge in [0.05, 0.1) is 5.69 Å². The molecule has 7 heteroatoms. The van der Waals surface area contributed by atoms with Crippen LogP contribution in [0.5, 0.6) is 0 Å². The van der Waals surface area contributed by atoms with E-state index in [0.717, 1.165) is 28.5 Å². The predicted molar refractivity (Wildman–Crippen MR) is 133 cm³/mol. The van der Waals surface area contributed by atoms with Gasteiger partial charge in [-0.25, -0.2) is 4.98 Å². The van der Waals surface area contributed by atoms with E-state index in [1.54, 1.807) is 23.5 Å². The third-order valence-corrected chi connectivity index (χ3v) is 6.38. The Balaban J connectivity index is 1.47. The summed E-state index contributed by atoms with van der Waals surface area (Å²) in [7, 11) is 1.48. The van der Waals surface area contributed by atoms with Gasteiger partial charge in [-0.05, 0) is 41.5 Å². The highest BCUT2D eigenvalue weighted by atomic mass is 32.1.